The second-order valence-electron chi connectivity index (χ2n) is 6.27. The summed E-state index contributed by atoms with van der Waals surface area (Å²) in [7, 11) is 0. The van der Waals surface area contributed by atoms with E-state index in [9.17, 15) is 9.59 Å². The first-order valence-electron chi connectivity index (χ1n) is 8.12. The smallest absolute Gasteiger partial charge is 0.251 e. The molecule has 126 valence electrons. The van der Waals surface area contributed by atoms with Crippen molar-refractivity contribution in [3.63, 3.8) is 0 Å². The number of aryl methyl sites for hydroxylation is 2. The van der Waals surface area contributed by atoms with Gasteiger partial charge in [0.05, 0.1) is 6.54 Å². The third kappa shape index (κ3) is 4.44. The van der Waals surface area contributed by atoms with Crippen molar-refractivity contribution in [3.05, 3.63) is 64.7 Å². The van der Waals surface area contributed by atoms with E-state index in [1.807, 2.05) is 44.2 Å². The molecule has 4 nitrogen and oxygen atoms in total. The lowest BCUT2D eigenvalue weighted by atomic mass is 10.0. The van der Waals surface area contributed by atoms with Crippen molar-refractivity contribution in [2.75, 3.05) is 11.9 Å². The first-order chi connectivity index (χ1) is 11.4. The Morgan fingerprint density at radius 2 is 1.54 bits per heavy atom. The van der Waals surface area contributed by atoms with Crippen LogP contribution in [0.2, 0.25) is 0 Å². The van der Waals surface area contributed by atoms with Crippen molar-refractivity contribution in [2.24, 2.45) is 0 Å². The Balaban J connectivity index is 1.92. The Bertz CT molecular complexity index is 714. The van der Waals surface area contributed by atoms with Crippen LogP contribution in [0.5, 0.6) is 0 Å². The van der Waals surface area contributed by atoms with Gasteiger partial charge in [-0.25, -0.2) is 0 Å². The number of hydrogen-bond acceptors (Lipinski definition) is 2. The zero-order valence-corrected chi connectivity index (χ0v) is 14.6. The second-order valence-corrected chi connectivity index (χ2v) is 6.27. The third-order valence-corrected chi connectivity index (χ3v) is 3.99. The van der Waals surface area contributed by atoms with E-state index in [0.29, 0.717) is 11.5 Å². The van der Waals surface area contributed by atoms with Crippen LogP contribution in [0.4, 0.5) is 5.69 Å². The zero-order chi connectivity index (χ0) is 17.7. The minimum Gasteiger partial charge on any atom is -0.343 e. The Kier molecular flexibility index (Phi) is 5.74. The largest absolute Gasteiger partial charge is 0.343 e. The summed E-state index contributed by atoms with van der Waals surface area (Å²) >= 11 is 0. The van der Waals surface area contributed by atoms with Crippen molar-refractivity contribution in [1.29, 1.82) is 0 Å². The Morgan fingerprint density at radius 1 is 0.958 bits per heavy atom. The summed E-state index contributed by atoms with van der Waals surface area (Å²) in [5, 5.41) is 5.51. The van der Waals surface area contributed by atoms with Crippen LogP contribution >= 0.6 is 0 Å². The van der Waals surface area contributed by atoms with Gasteiger partial charge >= 0.3 is 0 Å². The lowest BCUT2D eigenvalue weighted by Gasteiger charge is -2.12. The molecular formula is C20H24N2O2. The summed E-state index contributed by atoms with van der Waals surface area (Å²) in [6.45, 7) is 8.04. The minimum atomic E-state index is -0.248. The molecule has 4 heteroatoms. The number of para-hydroxylation sites is 1. The standard InChI is InChI=1S/C20H24N2O2/c1-13(2)16-8-10-17(11-9-16)20(24)21-12-18(23)22-19-14(3)6-5-7-15(19)4/h5-11,13H,12H2,1-4H3,(H,21,24)(H,22,23). The van der Waals surface area contributed by atoms with Gasteiger partial charge in [-0.05, 0) is 48.6 Å². The number of nitrogens with one attached hydrogen (secondary N) is 2. The first kappa shape index (κ1) is 17.7. The van der Waals surface area contributed by atoms with E-state index >= 15 is 0 Å². The van der Waals surface area contributed by atoms with Gasteiger partial charge in [-0.1, -0.05) is 44.2 Å². The van der Waals surface area contributed by atoms with E-state index < -0.39 is 0 Å². The number of hydrogen-bond donors (Lipinski definition) is 2. The SMILES string of the molecule is Cc1cccc(C)c1NC(=O)CNC(=O)c1ccc(C(C)C)cc1. The molecule has 24 heavy (non-hydrogen) atoms. The van der Waals surface area contributed by atoms with Crippen LogP contribution in [-0.2, 0) is 4.79 Å². The fourth-order valence-corrected chi connectivity index (χ4v) is 2.48. The van der Waals surface area contributed by atoms with Gasteiger partial charge in [0.25, 0.3) is 5.91 Å². The molecule has 2 rings (SSSR count). The number of benzene rings is 2. The summed E-state index contributed by atoms with van der Waals surface area (Å²) in [4.78, 5) is 24.2. The highest BCUT2D eigenvalue weighted by atomic mass is 16.2. The van der Waals surface area contributed by atoms with Crippen molar-refractivity contribution < 1.29 is 9.59 Å². The van der Waals surface area contributed by atoms with E-state index in [1.165, 1.54) is 5.56 Å². The molecule has 0 atom stereocenters. The van der Waals surface area contributed by atoms with Gasteiger partial charge in [-0.15, -0.1) is 0 Å². The number of carbonyl (C=O) groups excluding carboxylic acids is 2. The second kappa shape index (κ2) is 7.77. The van der Waals surface area contributed by atoms with Gasteiger partial charge in [-0.2, -0.15) is 0 Å². The molecule has 2 aromatic rings. The highest BCUT2D eigenvalue weighted by Crippen LogP contribution is 2.19. The van der Waals surface area contributed by atoms with E-state index in [2.05, 4.69) is 24.5 Å². The highest BCUT2D eigenvalue weighted by molar-refractivity contribution is 5.99. The molecule has 0 saturated carbocycles. The van der Waals surface area contributed by atoms with Gasteiger partial charge in [0.2, 0.25) is 5.91 Å². The van der Waals surface area contributed by atoms with Crippen molar-refractivity contribution in [2.45, 2.75) is 33.6 Å². The molecule has 0 radical (unpaired) electrons. The molecule has 0 aliphatic carbocycles. The average Bonchev–Trinajstić information content (AvgIpc) is 2.56. The molecule has 0 bridgehead atoms. The molecule has 0 aliphatic heterocycles. The average molecular weight is 324 g/mol. The minimum absolute atomic E-state index is 0.0570. The molecule has 0 aliphatic rings. The normalized spacial score (nSPS) is 10.5. The Hall–Kier alpha value is -2.62. The molecule has 2 N–H and O–H groups in total. The fourth-order valence-electron chi connectivity index (χ4n) is 2.48. The molecule has 0 aromatic heterocycles. The van der Waals surface area contributed by atoms with Crippen LogP contribution in [0.3, 0.4) is 0 Å². The Morgan fingerprint density at radius 3 is 2.08 bits per heavy atom. The quantitative estimate of drug-likeness (QED) is 0.879. The van der Waals surface area contributed by atoms with Crippen LogP contribution in [0.15, 0.2) is 42.5 Å². The number of rotatable bonds is 5. The lowest BCUT2D eigenvalue weighted by molar-refractivity contribution is -0.115. The van der Waals surface area contributed by atoms with Crippen molar-refractivity contribution in [1.82, 2.24) is 5.32 Å². The van der Waals surface area contributed by atoms with E-state index in [-0.39, 0.29) is 18.4 Å². The van der Waals surface area contributed by atoms with Crippen molar-refractivity contribution in [3.8, 4) is 0 Å². The summed E-state index contributed by atoms with van der Waals surface area (Å²) in [6.07, 6.45) is 0. The summed E-state index contributed by atoms with van der Waals surface area (Å²) in [5.74, 6) is -0.0632. The maximum atomic E-state index is 12.1. The third-order valence-electron chi connectivity index (χ3n) is 3.99. The van der Waals surface area contributed by atoms with Crippen LogP contribution in [0.25, 0.3) is 0 Å². The van der Waals surface area contributed by atoms with Gasteiger partial charge in [-0.3, -0.25) is 9.59 Å². The molecular weight excluding hydrogens is 300 g/mol. The van der Waals surface area contributed by atoms with Gasteiger partial charge in [0, 0.05) is 11.3 Å². The molecule has 0 heterocycles. The Labute approximate surface area is 143 Å². The highest BCUT2D eigenvalue weighted by Gasteiger charge is 2.10. The molecule has 0 unspecified atom stereocenters. The summed E-state index contributed by atoms with van der Waals surface area (Å²) in [5.41, 5.74) is 4.54. The predicted molar refractivity (Wildman–Crippen MR) is 97.4 cm³/mol. The lowest BCUT2D eigenvalue weighted by Crippen LogP contribution is -2.33. The molecule has 2 aromatic carbocycles. The molecule has 0 saturated heterocycles. The van der Waals surface area contributed by atoms with Crippen LogP contribution in [-0.4, -0.2) is 18.4 Å². The maximum Gasteiger partial charge on any atom is 0.251 e. The van der Waals surface area contributed by atoms with Crippen LogP contribution in [0.1, 0.15) is 46.8 Å². The maximum absolute atomic E-state index is 12.1. The van der Waals surface area contributed by atoms with Crippen LogP contribution < -0.4 is 10.6 Å². The summed E-state index contributed by atoms with van der Waals surface area (Å²) in [6, 6.07) is 13.3. The molecule has 0 fully saturated rings. The van der Waals surface area contributed by atoms with E-state index in [1.54, 1.807) is 12.1 Å². The monoisotopic (exact) mass is 324 g/mol. The van der Waals surface area contributed by atoms with Gasteiger partial charge in [0.1, 0.15) is 0 Å². The van der Waals surface area contributed by atoms with Crippen molar-refractivity contribution >= 4 is 17.5 Å². The van der Waals surface area contributed by atoms with Gasteiger partial charge in [0.15, 0.2) is 0 Å². The first-order valence-corrected chi connectivity index (χ1v) is 8.12. The van der Waals surface area contributed by atoms with Crippen LogP contribution in [0, 0.1) is 13.8 Å². The van der Waals surface area contributed by atoms with Gasteiger partial charge < -0.3 is 10.6 Å². The molecule has 2 amide bonds. The number of carbonyl (C=O) groups is 2. The van der Waals surface area contributed by atoms with E-state index in [4.69, 9.17) is 0 Å². The number of amides is 2. The van der Waals surface area contributed by atoms with E-state index in [0.717, 1.165) is 16.8 Å². The zero-order valence-electron chi connectivity index (χ0n) is 14.6. The number of anilines is 1. The predicted octanol–water partition coefficient (Wildman–Crippen LogP) is 3.80. The topological polar surface area (TPSA) is 58.2 Å². The molecule has 0 spiro atoms. The summed E-state index contributed by atoms with van der Waals surface area (Å²) < 4.78 is 0. The fraction of sp³-hybridized carbons (Fsp3) is 0.300.